The summed E-state index contributed by atoms with van der Waals surface area (Å²) in [6.07, 6.45) is 7.22. The molecule has 1 saturated carbocycles. The molecular weight excluding hydrogens is 342 g/mol. The molecule has 3 amide bonds. The van der Waals surface area contributed by atoms with Crippen molar-refractivity contribution in [2.45, 2.75) is 57.9 Å². The van der Waals surface area contributed by atoms with E-state index >= 15 is 0 Å². The molecule has 2 N–H and O–H groups in total. The van der Waals surface area contributed by atoms with Crippen molar-refractivity contribution >= 4 is 23.4 Å². The minimum atomic E-state index is -0.164. The van der Waals surface area contributed by atoms with Crippen molar-refractivity contribution in [3.05, 3.63) is 29.8 Å². The van der Waals surface area contributed by atoms with Crippen molar-refractivity contribution in [3.8, 4) is 0 Å². The van der Waals surface area contributed by atoms with E-state index in [2.05, 4.69) is 10.6 Å². The molecule has 6 heteroatoms. The van der Waals surface area contributed by atoms with Crippen LogP contribution in [0.2, 0.25) is 0 Å². The summed E-state index contributed by atoms with van der Waals surface area (Å²) in [5, 5.41) is 5.76. The van der Waals surface area contributed by atoms with E-state index in [1.54, 1.807) is 24.3 Å². The monoisotopic (exact) mass is 371 g/mol. The van der Waals surface area contributed by atoms with Gasteiger partial charge in [-0.05, 0) is 43.9 Å². The Balaban J connectivity index is 1.49. The quantitative estimate of drug-likeness (QED) is 0.854. The summed E-state index contributed by atoms with van der Waals surface area (Å²) in [7, 11) is 0. The van der Waals surface area contributed by atoms with Crippen molar-refractivity contribution in [2.75, 3.05) is 18.4 Å². The van der Waals surface area contributed by atoms with E-state index in [1.165, 1.54) is 26.2 Å². The maximum atomic E-state index is 12.6. The fourth-order valence-electron chi connectivity index (χ4n) is 4.06. The van der Waals surface area contributed by atoms with Gasteiger partial charge in [0.1, 0.15) is 0 Å². The largest absolute Gasteiger partial charge is 0.349 e. The number of piperidine rings is 1. The molecule has 2 fully saturated rings. The van der Waals surface area contributed by atoms with Crippen LogP contribution in [-0.4, -0.2) is 41.8 Å². The Kier molecular flexibility index (Phi) is 6.48. The zero-order valence-corrected chi connectivity index (χ0v) is 16.0. The number of anilines is 1. The first-order valence-electron chi connectivity index (χ1n) is 10.0. The number of hydrogen-bond donors (Lipinski definition) is 2. The number of nitrogens with zero attached hydrogens (tertiary/aromatic N) is 1. The minimum Gasteiger partial charge on any atom is -0.349 e. The molecule has 0 unspecified atom stereocenters. The Morgan fingerprint density at radius 3 is 2.37 bits per heavy atom. The summed E-state index contributed by atoms with van der Waals surface area (Å²) < 4.78 is 0. The minimum absolute atomic E-state index is 0.0809. The molecule has 1 saturated heterocycles. The molecule has 1 heterocycles. The summed E-state index contributed by atoms with van der Waals surface area (Å²) in [5.74, 6) is 0.214. The van der Waals surface area contributed by atoms with Gasteiger partial charge in [-0.2, -0.15) is 0 Å². The van der Waals surface area contributed by atoms with Gasteiger partial charge in [0.05, 0.1) is 0 Å². The highest BCUT2D eigenvalue weighted by Crippen LogP contribution is 2.26. The predicted octanol–water partition coefficient (Wildman–Crippen LogP) is 2.95. The van der Waals surface area contributed by atoms with Crippen LogP contribution < -0.4 is 10.6 Å². The van der Waals surface area contributed by atoms with Gasteiger partial charge in [0.25, 0.3) is 5.91 Å². The number of rotatable bonds is 4. The van der Waals surface area contributed by atoms with Crippen LogP contribution in [0.25, 0.3) is 0 Å². The number of likely N-dealkylation sites (tertiary alicyclic amines) is 1. The fourth-order valence-corrected chi connectivity index (χ4v) is 4.06. The van der Waals surface area contributed by atoms with E-state index in [-0.39, 0.29) is 23.8 Å². The maximum Gasteiger partial charge on any atom is 0.251 e. The van der Waals surface area contributed by atoms with E-state index in [0.717, 1.165) is 25.7 Å². The Morgan fingerprint density at radius 1 is 1.00 bits per heavy atom. The average molecular weight is 371 g/mol. The molecule has 1 aliphatic heterocycles. The first-order chi connectivity index (χ1) is 13.0. The zero-order valence-electron chi connectivity index (χ0n) is 16.0. The van der Waals surface area contributed by atoms with Gasteiger partial charge in [0, 0.05) is 43.2 Å². The number of hydrogen-bond acceptors (Lipinski definition) is 3. The molecule has 3 rings (SSSR count). The lowest BCUT2D eigenvalue weighted by Gasteiger charge is -2.35. The van der Waals surface area contributed by atoms with Gasteiger partial charge in [0.2, 0.25) is 11.8 Å². The molecule has 1 aliphatic carbocycles. The highest BCUT2D eigenvalue weighted by atomic mass is 16.2. The van der Waals surface area contributed by atoms with E-state index in [4.69, 9.17) is 0 Å². The Morgan fingerprint density at radius 2 is 1.70 bits per heavy atom. The summed E-state index contributed by atoms with van der Waals surface area (Å²) in [6, 6.07) is 7.01. The van der Waals surface area contributed by atoms with Gasteiger partial charge in [-0.15, -0.1) is 0 Å². The third kappa shape index (κ3) is 5.31. The second-order valence-electron chi connectivity index (χ2n) is 7.67. The number of carbonyl (C=O) groups is 3. The molecule has 1 aromatic carbocycles. The van der Waals surface area contributed by atoms with E-state index in [9.17, 15) is 14.4 Å². The highest BCUT2D eigenvalue weighted by Gasteiger charge is 2.29. The zero-order chi connectivity index (χ0) is 19.2. The lowest BCUT2D eigenvalue weighted by atomic mass is 9.87. The van der Waals surface area contributed by atoms with Crippen LogP contribution in [0.5, 0.6) is 0 Å². The van der Waals surface area contributed by atoms with E-state index in [0.29, 0.717) is 30.2 Å². The van der Waals surface area contributed by atoms with E-state index < -0.39 is 0 Å². The van der Waals surface area contributed by atoms with Crippen molar-refractivity contribution < 1.29 is 14.4 Å². The Labute approximate surface area is 160 Å². The molecule has 0 aromatic heterocycles. The van der Waals surface area contributed by atoms with Gasteiger partial charge in [-0.25, -0.2) is 0 Å². The van der Waals surface area contributed by atoms with Crippen LogP contribution in [0.4, 0.5) is 5.69 Å². The number of benzene rings is 1. The highest BCUT2D eigenvalue weighted by molar-refractivity contribution is 5.97. The van der Waals surface area contributed by atoms with Gasteiger partial charge in [0.15, 0.2) is 0 Å². The molecular formula is C21H29N3O3. The summed E-state index contributed by atoms with van der Waals surface area (Å²) >= 11 is 0. The standard InChI is InChI=1S/C21H29N3O3/c1-15(25)22-19-9-5-8-17(14-19)20(26)23-18-10-12-24(13-11-18)21(27)16-6-3-2-4-7-16/h5,8-9,14,16,18H,2-4,6-7,10-13H2,1H3,(H,22,25)(H,23,26). The van der Waals surface area contributed by atoms with Crippen LogP contribution in [0.1, 0.15) is 62.2 Å². The molecule has 0 bridgehead atoms. The molecule has 0 radical (unpaired) electrons. The average Bonchev–Trinajstić information content (AvgIpc) is 2.68. The van der Waals surface area contributed by atoms with Crippen LogP contribution in [0.15, 0.2) is 24.3 Å². The Bertz CT molecular complexity index is 690. The smallest absolute Gasteiger partial charge is 0.251 e. The molecule has 0 atom stereocenters. The summed E-state index contributed by atoms with van der Waals surface area (Å²) in [6.45, 7) is 2.87. The topological polar surface area (TPSA) is 78.5 Å². The number of nitrogens with one attached hydrogen (secondary N) is 2. The first-order valence-corrected chi connectivity index (χ1v) is 10.0. The second kappa shape index (κ2) is 9.02. The number of amides is 3. The SMILES string of the molecule is CC(=O)Nc1cccc(C(=O)NC2CCN(C(=O)C3CCCCC3)CC2)c1. The summed E-state index contributed by atoms with van der Waals surface area (Å²) in [5.41, 5.74) is 1.14. The van der Waals surface area contributed by atoms with Crippen molar-refractivity contribution in [3.63, 3.8) is 0 Å². The van der Waals surface area contributed by atoms with Crippen LogP contribution in [0, 0.1) is 5.92 Å². The molecule has 1 aromatic rings. The van der Waals surface area contributed by atoms with Crippen LogP contribution in [-0.2, 0) is 9.59 Å². The third-order valence-corrected chi connectivity index (χ3v) is 5.54. The molecule has 146 valence electrons. The van der Waals surface area contributed by atoms with Crippen LogP contribution >= 0.6 is 0 Å². The lowest BCUT2D eigenvalue weighted by Crippen LogP contribution is -2.48. The molecule has 0 spiro atoms. The third-order valence-electron chi connectivity index (χ3n) is 5.54. The van der Waals surface area contributed by atoms with Gasteiger partial charge >= 0.3 is 0 Å². The van der Waals surface area contributed by atoms with Crippen molar-refractivity contribution in [2.24, 2.45) is 5.92 Å². The maximum absolute atomic E-state index is 12.6. The summed E-state index contributed by atoms with van der Waals surface area (Å²) in [4.78, 5) is 38.3. The molecule has 2 aliphatic rings. The normalized spacial score (nSPS) is 18.8. The van der Waals surface area contributed by atoms with Gasteiger partial charge in [-0.1, -0.05) is 25.3 Å². The van der Waals surface area contributed by atoms with Crippen molar-refractivity contribution in [1.82, 2.24) is 10.2 Å². The fraction of sp³-hybridized carbons (Fsp3) is 0.571. The molecule has 6 nitrogen and oxygen atoms in total. The van der Waals surface area contributed by atoms with Crippen LogP contribution in [0.3, 0.4) is 0 Å². The first kappa shape index (κ1) is 19.4. The van der Waals surface area contributed by atoms with Gasteiger partial charge < -0.3 is 15.5 Å². The van der Waals surface area contributed by atoms with Gasteiger partial charge in [-0.3, -0.25) is 14.4 Å². The predicted molar refractivity (Wildman–Crippen MR) is 104 cm³/mol. The lowest BCUT2D eigenvalue weighted by molar-refractivity contribution is -0.137. The second-order valence-corrected chi connectivity index (χ2v) is 7.67. The Hall–Kier alpha value is -2.37. The molecule has 27 heavy (non-hydrogen) atoms. The number of carbonyl (C=O) groups excluding carboxylic acids is 3. The van der Waals surface area contributed by atoms with Crippen molar-refractivity contribution in [1.29, 1.82) is 0 Å². The van der Waals surface area contributed by atoms with E-state index in [1.807, 2.05) is 4.90 Å².